The molecular weight excluding hydrogens is 258 g/mol. The van der Waals surface area contributed by atoms with E-state index in [1.165, 1.54) is 16.8 Å². The first-order valence-corrected chi connectivity index (χ1v) is 7.03. The van der Waals surface area contributed by atoms with Crippen LogP contribution in [0.15, 0.2) is 16.9 Å². The van der Waals surface area contributed by atoms with Gasteiger partial charge in [-0.3, -0.25) is 9.59 Å². The lowest BCUT2D eigenvalue weighted by molar-refractivity contribution is 0.0567. The third kappa shape index (κ3) is 3.25. The van der Waals surface area contributed by atoms with Crippen molar-refractivity contribution in [3.05, 3.63) is 28.2 Å². The third-order valence-corrected chi connectivity index (χ3v) is 3.55. The standard InChI is InChI=1S/C14H21N3O3/c1-3-4-8-17-12(18)6-5-11(15-17)13(19)16-9-7-14(2,20)10-16/h5-6,20H,3-4,7-10H2,1-2H3. The summed E-state index contributed by atoms with van der Waals surface area (Å²) in [6.45, 7) is 5.10. The van der Waals surface area contributed by atoms with Crippen LogP contribution in [0.25, 0.3) is 0 Å². The fraction of sp³-hybridized carbons (Fsp3) is 0.643. The lowest BCUT2D eigenvalue weighted by Gasteiger charge is -2.18. The maximum Gasteiger partial charge on any atom is 0.274 e. The van der Waals surface area contributed by atoms with Gasteiger partial charge in [0.2, 0.25) is 0 Å². The largest absolute Gasteiger partial charge is 0.388 e. The molecule has 1 amide bonds. The van der Waals surface area contributed by atoms with Crippen LogP contribution in [0.2, 0.25) is 0 Å². The minimum atomic E-state index is -0.827. The summed E-state index contributed by atoms with van der Waals surface area (Å²) >= 11 is 0. The Hall–Kier alpha value is -1.69. The summed E-state index contributed by atoms with van der Waals surface area (Å²) in [5.41, 5.74) is -0.756. The highest BCUT2D eigenvalue weighted by Gasteiger charge is 2.34. The molecule has 0 bridgehead atoms. The van der Waals surface area contributed by atoms with Crippen molar-refractivity contribution in [1.82, 2.24) is 14.7 Å². The number of likely N-dealkylation sites (tertiary alicyclic amines) is 1. The number of carbonyl (C=O) groups excluding carboxylic acids is 1. The van der Waals surface area contributed by atoms with Crippen LogP contribution < -0.4 is 5.56 Å². The summed E-state index contributed by atoms with van der Waals surface area (Å²) in [6, 6.07) is 2.84. The molecule has 1 unspecified atom stereocenters. The number of unbranched alkanes of at least 4 members (excludes halogenated alkanes) is 1. The first-order valence-electron chi connectivity index (χ1n) is 7.03. The highest BCUT2D eigenvalue weighted by Crippen LogP contribution is 2.21. The van der Waals surface area contributed by atoms with E-state index >= 15 is 0 Å². The zero-order chi connectivity index (χ0) is 14.8. The Morgan fingerprint density at radius 1 is 1.50 bits per heavy atom. The van der Waals surface area contributed by atoms with Gasteiger partial charge in [0.25, 0.3) is 11.5 Å². The third-order valence-electron chi connectivity index (χ3n) is 3.55. The molecule has 0 aliphatic carbocycles. The molecule has 6 heteroatoms. The molecule has 1 aliphatic rings. The van der Waals surface area contributed by atoms with E-state index in [4.69, 9.17) is 0 Å². The molecule has 110 valence electrons. The van der Waals surface area contributed by atoms with Crippen LogP contribution in [-0.4, -0.2) is 44.4 Å². The number of nitrogens with zero attached hydrogens (tertiary/aromatic N) is 3. The molecule has 1 atom stereocenters. The topological polar surface area (TPSA) is 75.4 Å². The maximum atomic E-state index is 12.3. The number of hydrogen-bond acceptors (Lipinski definition) is 4. The van der Waals surface area contributed by atoms with Crippen molar-refractivity contribution < 1.29 is 9.90 Å². The first-order chi connectivity index (χ1) is 9.43. The molecule has 2 heterocycles. The van der Waals surface area contributed by atoms with Crippen LogP contribution in [0.1, 0.15) is 43.6 Å². The number of β-amino-alcohol motifs (C(OH)–C–C–N with tert-alkyl or cyclic N) is 1. The lowest BCUT2D eigenvalue weighted by Crippen LogP contribution is -2.35. The van der Waals surface area contributed by atoms with E-state index in [0.29, 0.717) is 26.1 Å². The van der Waals surface area contributed by atoms with Gasteiger partial charge < -0.3 is 10.0 Å². The molecule has 1 aromatic rings. The summed E-state index contributed by atoms with van der Waals surface area (Å²) in [7, 11) is 0. The van der Waals surface area contributed by atoms with Crippen LogP contribution in [0.3, 0.4) is 0 Å². The fourth-order valence-corrected chi connectivity index (χ4v) is 2.31. The predicted molar refractivity (Wildman–Crippen MR) is 74.5 cm³/mol. The van der Waals surface area contributed by atoms with E-state index in [0.717, 1.165) is 12.8 Å². The molecular formula is C14H21N3O3. The zero-order valence-electron chi connectivity index (χ0n) is 12.0. The van der Waals surface area contributed by atoms with Crippen LogP contribution >= 0.6 is 0 Å². The second kappa shape index (κ2) is 5.75. The molecule has 1 N–H and O–H groups in total. The van der Waals surface area contributed by atoms with Gasteiger partial charge in [-0.05, 0) is 25.8 Å². The van der Waals surface area contributed by atoms with Crippen molar-refractivity contribution in [2.75, 3.05) is 13.1 Å². The number of aryl methyl sites for hydroxylation is 1. The molecule has 1 saturated heterocycles. The van der Waals surface area contributed by atoms with E-state index in [2.05, 4.69) is 5.10 Å². The van der Waals surface area contributed by atoms with Crippen molar-refractivity contribution >= 4 is 5.91 Å². The van der Waals surface area contributed by atoms with Crippen molar-refractivity contribution in [2.45, 2.75) is 45.3 Å². The van der Waals surface area contributed by atoms with Crippen molar-refractivity contribution in [2.24, 2.45) is 0 Å². The average molecular weight is 279 g/mol. The van der Waals surface area contributed by atoms with Gasteiger partial charge in [-0.1, -0.05) is 13.3 Å². The number of aliphatic hydroxyl groups is 1. The molecule has 2 rings (SSSR count). The Morgan fingerprint density at radius 2 is 2.25 bits per heavy atom. The van der Waals surface area contributed by atoms with Crippen LogP contribution in [0, 0.1) is 0 Å². The van der Waals surface area contributed by atoms with Gasteiger partial charge in [0.05, 0.1) is 5.60 Å². The summed E-state index contributed by atoms with van der Waals surface area (Å²) in [4.78, 5) is 25.5. The second-order valence-corrected chi connectivity index (χ2v) is 5.61. The highest BCUT2D eigenvalue weighted by atomic mass is 16.3. The van der Waals surface area contributed by atoms with Crippen LogP contribution in [0.4, 0.5) is 0 Å². The molecule has 0 radical (unpaired) electrons. The van der Waals surface area contributed by atoms with Crippen LogP contribution in [0.5, 0.6) is 0 Å². The van der Waals surface area contributed by atoms with E-state index in [9.17, 15) is 14.7 Å². The van der Waals surface area contributed by atoms with E-state index in [1.807, 2.05) is 6.92 Å². The van der Waals surface area contributed by atoms with Gasteiger partial charge in [0, 0.05) is 25.7 Å². The maximum absolute atomic E-state index is 12.3. The molecule has 0 saturated carbocycles. The van der Waals surface area contributed by atoms with Gasteiger partial charge in [-0.2, -0.15) is 5.10 Å². The number of aromatic nitrogens is 2. The van der Waals surface area contributed by atoms with Gasteiger partial charge in [0.15, 0.2) is 0 Å². The van der Waals surface area contributed by atoms with E-state index < -0.39 is 5.60 Å². The molecule has 1 aliphatic heterocycles. The summed E-state index contributed by atoms with van der Waals surface area (Å²) in [5.74, 6) is -0.229. The van der Waals surface area contributed by atoms with E-state index in [-0.39, 0.29) is 17.2 Å². The van der Waals surface area contributed by atoms with Crippen molar-refractivity contribution in [3.63, 3.8) is 0 Å². The summed E-state index contributed by atoms with van der Waals surface area (Å²) < 4.78 is 1.34. The molecule has 0 aromatic carbocycles. The van der Waals surface area contributed by atoms with Crippen molar-refractivity contribution in [3.8, 4) is 0 Å². The highest BCUT2D eigenvalue weighted by molar-refractivity contribution is 5.92. The quantitative estimate of drug-likeness (QED) is 0.877. The van der Waals surface area contributed by atoms with Gasteiger partial charge in [0.1, 0.15) is 5.69 Å². The fourth-order valence-electron chi connectivity index (χ4n) is 2.31. The Bertz CT molecular complexity index is 551. The van der Waals surface area contributed by atoms with E-state index in [1.54, 1.807) is 11.8 Å². The second-order valence-electron chi connectivity index (χ2n) is 5.61. The predicted octanol–water partition coefficient (Wildman–Crippen LogP) is 0.640. The molecule has 0 spiro atoms. The molecule has 1 fully saturated rings. The summed E-state index contributed by atoms with van der Waals surface area (Å²) in [5, 5.41) is 14.0. The molecule has 6 nitrogen and oxygen atoms in total. The summed E-state index contributed by atoms with van der Waals surface area (Å²) in [6.07, 6.45) is 2.37. The smallest absolute Gasteiger partial charge is 0.274 e. The Kier molecular flexibility index (Phi) is 4.23. The van der Waals surface area contributed by atoms with Crippen molar-refractivity contribution in [1.29, 1.82) is 0 Å². The normalized spacial score (nSPS) is 22.2. The first kappa shape index (κ1) is 14.7. The van der Waals surface area contributed by atoms with Gasteiger partial charge >= 0.3 is 0 Å². The number of amides is 1. The number of rotatable bonds is 4. The van der Waals surface area contributed by atoms with Gasteiger partial charge in [-0.15, -0.1) is 0 Å². The monoisotopic (exact) mass is 279 g/mol. The Morgan fingerprint density at radius 3 is 2.85 bits per heavy atom. The number of carbonyl (C=O) groups is 1. The molecule has 1 aromatic heterocycles. The van der Waals surface area contributed by atoms with Gasteiger partial charge in [-0.25, -0.2) is 4.68 Å². The van der Waals surface area contributed by atoms with Crippen LogP contribution in [-0.2, 0) is 6.54 Å². The number of hydrogen-bond donors (Lipinski definition) is 1. The average Bonchev–Trinajstić information content (AvgIpc) is 2.77. The lowest BCUT2D eigenvalue weighted by atomic mass is 10.1. The Labute approximate surface area is 118 Å². The SMILES string of the molecule is CCCCn1nc(C(=O)N2CCC(C)(O)C2)ccc1=O. The molecule has 20 heavy (non-hydrogen) atoms. The minimum Gasteiger partial charge on any atom is -0.388 e. The zero-order valence-corrected chi connectivity index (χ0v) is 12.0. The Balaban J connectivity index is 2.16. The minimum absolute atomic E-state index is 0.191.